The largest absolute Gasteiger partial charge is 0.342 e. The lowest BCUT2D eigenvalue weighted by Crippen LogP contribution is -2.35. The number of hydrogen-bond donors (Lipinski definition) is 2. The third-order valence-corrected chi connectivity index (χ3v) is 2.78. The third kappa shape index (κ3) is 3.85. The van der Waals surface area contributed by atoms with Crippen LogP contribution in [0.3, 0.4) is 0 Å². The second-order valence-corrected chi connectivity index (χ2v) is 4.51. The number of nitrogens with zero attached hydrogens (tertiary/aromatic N) is 1. The molecule has 1 aromatic carbocycles. The summed E-state index contributed by atoms with van der Waals surface area (Å²) in [4.78, 5) is 27.4. The van der Waals surface area contributed by atoms with Crippen LogP contribution in [0.15, 0.2) is 36.4 Å². The predicted octanol–water partition coefficient (Wildman–Crippen LogP) is 1.92. The zero-order chi connectivity index (χ0) is 16.1. The summed E-state index contributed by atoms with van der Waals surface area (Å²) in [5.74, 6) is -4.38. The highest BCUT2D eigenvalue weighted by Crippen LogP contribution is 2.16. The molecule has 0 saturated carbocycles. The molecule has 0 spiro atoms. The van der Waals surface area contributed by atoms with Gasteiger partial charge in [0.05, 0.1) is 17.9 Å². The van der Waals surface area contributed by atoms with Crippen LogP contribution in [-0.4, -0.2) is 16.8 Å². The molecular formula is C15H13F2N3O2. The van der Waals surface area contributed by atoms with E-state index >= 15 is 0 Å². The fraction of sp³-hybridized carbons (Fsp3) is 0.133. The van der Waals surface area contributed by atoms with E-state index in [-0.39, 0.29) is 6.54 Å². The van der Waals surface area contributed by atoms with Crippen LogP contribution in [0.1, 0.15) is 11.4 Å². The van der Waals surface area contributed by atoms with Crippen molar-refractivity contribution >= 4 is 17.5 Å². The van der Waals surface area contributed by atoms with E-state index in [1.165, 1.54) is 6.07 Å². The number of amides is 2. The van der Waals surface area contributed by atoms with Crippen molar-refractivity contribution in [3.05, 3.63) is 59.4 Å². The molecule has 2 amide bonds. The second kappa shape index (κ2) is 6.75. The number of halogens is 2. The van der Waals surface area contributed by atoms with Crippen LogP contribution in [0.25, 0.3) is 0 Å². The topological polar surface area (TPSA) is 71.1 Å². The first-order valence-corrected chi connectivity index (χ1v) is 6.43. The van der Waals surface area contributed by atoms with Crippen molar-refractivity contribution in [2.24, 2.45) is 0 Å². The molecular weight excluding hydrogens is 292 g/mol. The number of hydrogen-bond acceptors (Lipinski definition) is 3. The SMILES string of the molecule is Cc1cccc(CNC(=O)C(=O)Nc2cccc(F)c2F)n1. The monoisotopic (exact) mass is 305 g/mol. The molecule has 1 aromatic heterocycles. The molecule has 5 nitrogen and oxygen atoms in total. The van der Waals surface area contributed by atoms with Crippen molar-refractivity contribution in [2.75, 3.05) is 5.32 Å². The summed E-state index contributed by atoms with van der Waals surface area (Å²) in [6, 6.07) is 8.55. The van der Waals surface area contributed by atoms with E-state index in [9.17, 15) is 18.4 Å². The summed E-state index contributed by atoms with van der Waals surface area (Å²) >= 11 is 0. The first-order chi connectivity index (χ1) is 10.5. The van der Waals surface area contributed by atoms with E-state index in [4.69, 9.17) is 0 Å². The van der Waals surface area contributed by atoms with Crippen molar-refractivity contribution in [3.8, 4) is 0 Å². The van der Waals surface area contributed by atoms with Gasteiger partial charge in [-0.2, -0.15) is 0 Å². The number of benzene rings is 1. The lowest BCUT2D eigenvalue weighted by molar-refractivity contribution is -0.136. The van der Waals surface area contributed by atoms with E-state index in [1.54, 1.807) is 25.1 Å². The van der Waals surface area contributed by atoms with Crippen LogP contribution >= 0.6 is 0 Å². The highest BCUT2D eigenvalue weighted by Gasteiger charge is 2.16. The summed E-state index contributed by atoms with van der Waals surface area (Å²) in [5.41, 5.74) is 0.963. The number of nitrogens with one attached hydrogen (secondary N) is 2. The molecule has 2 aromatic rings. The van der Waals surface area contributed by atoms with Gasteiger partial charge in [0.25, 0.3) is 0 Å². The van der Waals surface area contributed by atoms with E-state index in [2.05, 4.69) is 10.3 Å². The Hall–Kier alpha value is -2.83. The summed E-state index contributed by atoms with van der Waals surface area (Å²) in [5, 5.41) is 4.36. The van der Waals surface area contributed by atoms with Gasteiger partial charge in [-0.15, -0.1) is 0 Å². The third-order valence-electron chi connectivity index (χ3n) is 2.78. The number of pyridine rings is 1. The van der Waals surface area contributed by atoms with Gasteiger partial charge in [0.1, 0.15) is 0 Å². The standard InChI is InChI=1S/C15H13F2N3O2/c1-9-4-2-5-10(19-9)8-18-14(21)15(22)20-12-7-3-6-11(16)13(12)17/h2-7H,8H2,1H3,(H,18,21)(H,20,22). The van der Waals surface area contributed by atoms with Crippen LogP contribution in [0.2, 0.25) is 0 Å². The highest BCUT2D eigenvalue weighted by atomic mass is 19.2. The number of anilines is 1. The molecule has 0 unspecified atom stereocenters. The Balaban J connectivity index is 1.95. The zero-order valence-electron chi connectivity index (χ0n) is 11.7. The van der Waals surface area contributed by atoms with Gasteiger partial charge in [0.2, 0.25) is 0 Å². The molecule has 0 atom stereocenters. The Morgan fingerprint density at radius 3 is 2.55 bits per heavy atom. The molecule has 0 radical (unpaired) electrons. The maximum absolute atomic E-state index is 13.4. The van der Waals surface area contributed by atoms with Crippen LogP contribution in [0.4, 0.5) is 14.5 Å². The molecule has 0 fully saturated rings. The maximum atomic E-state index is 13.4. The second-order valence-electron chi connectivity index (χ2n) is 4.51. The molecule has 114 valence electrons. The minimum absolute atomic E-state index is 0.0551. The summed E-state index contributed by atoms with van der Waals surface area (Å²) < 4.78 is 26.4. The van der Waals surface area contributed by atoms with Crippen LogP contribution < -0.4 is 10.6 Å². The molecule has 1 heterocycles. The van der Waals surface area contributed by atoms with Crippen molar-refractivity contribution in [1.29, 1.82) is 0 Å². The van der Waals surface area contributed by atoms with Gasteiger partial charge >= 0.3 is 11.8 Å². The van der Waals surface area contributed by atoms with Gasteiger partial charge in [-0.3, -0.25) is 14.6 Å². The highest BCUT2D eigenvalue weighted by molar-refractivity contribution is 6.39. The molecule has 0 aliphatic rings. The molecule has 22 heavy (non-hydrogen) atoms. The van der Waals surface area contributed by atoms with Crippen molar-refractivity contribution in [3.63, 3.8) is 0 Å². The number of aromatic nitrogens is 1. The summed E-state index contributed by atoms with van der Waals surface area (Å²) in [6.45, 7) is 1.85. The fourth-order valence-corrected chi connectivity index (χ4v) is 1.73. The molecule has 2 N–H and O–H groups in total. The van der Waals surface area contributed by atoms with Crippen LogP contribution in [0, 0.1) is 18.6 Å². The molecule has 0 saturated heterocycles. The van der Waals surface area contributed by atoms with Crippen molar-refractivity contribution < 1.29 is 18.4 Å². The minimum Gasteiger partial charge on any atom is -0.342 e. The first kappa shape index (κ1) is 15.6. The fourth-order valence-electron chi connectivity index (χ4n) is 1.73. The van der Waals surface area contributed by atoms with Gasteiger partial charge < -0.3 is 10.6 Å². The molecule has 2 rings (SSSR count). The van der Waals surface area contributed by atoms with E-state index in [0.717, 1.165) is 17.8 Å². The van der Waals surface area contributed by atoms with Crippen molar-refractivity contribution in [1.82, 2.24) is 10.3 Å². The number of rotatable bonds is 3. The van der Waals surface area contributed by atoms with Gasteiger partial charge in [-0.25, -0.2) is 8.78 Å². The Labute approximate surface area is 125 Å². The van der Waals surface area contributed by atoms with Gasteiger partial charge in [0.15, 0.2) is 11.6 Å². The minimum atomic E-state index is -1.22. The zero-order valence-corrected chi connectivity index (χ0v) is 11.7. The molecule has 0 aliphatic heterocycles. The number of aryl methyl sites for hydroxylation is 1. The molecule has 0 bridgehead atoms. The maximum Gasteiger partial charge on any atom is 0.313 e. The lowest BCUT2D eigenvalue weighted by Gasteiger charge is -2.07. The van der Waals surface area contributed by atoms with Gasteiger partial charge in [-0.1, -0.05) is 12.1 Å². The van der Waals surface area contributed by atoms with Gasteiger partial charge in [0, 0.05) is 5.69 Å². The Kier molecular flexibility index (Phi) is 4.77. The number of carbonyl (C=O) groups excluding carboxylic acids is 2. The normalized spacial score (nSPS) is 10.1. The summed E-state index contributed by atoms with van der Waals surface area (Å²) in [6.07, 6.45) is 0. The Bertz CT molecular complexity index is 720. The quantitative estimate of drug-likeness (QED) is 0.851. The Morgan fingerprint density at radius 2 is 1.82 bits per heavy atom. The van der Waals surface area contributed by atoms with Crippen LogP contribution in [0.5, 0.6) is 0 Å². The average molecular weight is 305 g/mol. The predicted molar refractivity (Wildman–Crippen MR) is 75.8 cm³/mol. The van der Waals surface area contributed by atoms with E-state index < -0.39 is 29.1 Å². The molecule has 7 heteroatoms. The smallest absolute Gasteiger partial charge is 0.313 e. The summed E-state index contributed by atoms with van der Waals surface area (Å²) in [7, 11) is 0. The van der Waals surface area contributed by atoms with E-state index in [0.29, 0.717) is 5.69 Å². The number of carbonyl (C=O) groups is 2. The van der Waals surface area contributed by atoms with Crippen molar-refractivity contribution in [2.45, 2.75) is 13.5 Å². The molecule has 0 aliphatic carbocycles. The van der Waals surface area contributed by atoms with Gasteiger partial charge in [-0.05, 0) is 31.2 Å². The first-order valence-electron chi connectivity index (χ1n) is 6.43. The lowest BCUT2D eigenvalue weighted by atomic mass is 10.3. The Morgan fingerprint density at radius 1 is 1.09 bits per heavy atom. The average Bonchev–Trinajstić information content (AvgIpc) is 2.49. The van der Waals surface area contributed by atoms with E-state index in [1.807, 2.05) is 5.32 Å². The van der Waals surface area contributed by atoms with Crippen LogP contribution in [-0.2, 0) is 16.1 Å².